The van der Waals surface area contributed by atoms with Crippen molar-refractivity contribution < 1.29 is 37.5 Å². The molecule has 6 heterocycles. The van der Waals surface area contributed by atoms with Crippen LogP contribution >= 0.6 is 0 Å². The molecule has 1 amide bonds. The average Bonchev–Trinajstić information content (AvgIpc) is 3.79. The van der Waals surface area contributed by atoms with E-state index < -0.39 is 31.6 Å². The van der Waals surface area contributed by atoms with Crippen molar-refractivity contribution in [1.82, 2.24) is 24.6 Å². The third-order valence-electron chi connectivity index (χ3n) is 14.8. The summed E-state index contributed by atoms with van der Waals surface area (Å²) in [5, 5.41) is 25.5. The number of hydrogen-bond acceptors (Lipinski definition) is 14. The number of rotatable bonds is 12. The SMILES string of the molecule is CC(C)c1ccccc1[C@H]1COCCN1C1CC2(CCN(c3ccc(C(=O)NS(=O)(=O)c4cc([N+](=O)[O-])c5c(n4)OC[C@H](CC4CCC(O)CC4)N5)c(Oc4cnc5[nH]ccc5c4)c3)CC2)C1. The topological polar surface area (TPSA) is 214 Å². The van der Waals surface area contributed by atoms with Gasteiger partial charge in [0.15, 0.2) is 10.7 Å². The van der Waals surface area contributed by atoms with Crippen LogP contribution in [0.4, 0.5) is 17.1 Å². The molecule has 67 heavy (non-hydrogen) atoms. The number of sulfonamides is 1. The molecule has 5 aromatic rings. The monoisotopic (exact) mass is 934 g/mol. The summed E-state index contributed by atoms with van der Waals surface area (Å²) in [4.78, 5) is 42.3. The lowest BCUT2D eigenvalue weighted by atomic mass is 9.59. The van der Waals surface area contributed by atoms with Crippen molar-refractivity contribution in [3.63, 3.8) is 0 Å². The number of amides is 1. The number of anilines is 2. The lowest BCUT2D eigenvalue weighted by molar-refractivity contribution is -0.384. The molecule has 2 saturated heterocycles. The van der Waals surface area contributed by atoms with E-state index in [1.807, 2.05) is 6.07 Å². The molecule has 4 N–H and O–H groups in total. The number of pyridine rings is 2. The second kappa shape index (κ2) is 18.3. The van der Waals surface area contributed by atoms with Crippen molar-refractivity contribution in [3.05, 3.63) is 99.9 Å². The second-order valence-corrected chi connectivity index (χ2v) is 21.1. The third-order valence-corrected chi connectivity index (χ3v) is 16.0. The van der Waals surface area contributed by atoms with Gasteiger partial charge in [-0.05, 0) is 110 Å². The number of morpholine rings is 1. The van der Waals surface area contributed by atoms with E-state index in [-0.39, 0.29) is 53.1 Å². The maximum Gasteiger partial charge on any atom is 0.300 e. The fraction of sp³-hybridized carbons (Fsp3) is 0.490. The minimum absolute atomic E-state index is 0.0172. The number of aliphatic hydroxyl groups is 1. The Morgan fingerprint density at radius 2 is 1.84 bits per heavy atom. The first-order valence-corrected chi connectivity index (χ1v) is 25.1. The first-order chi connectivity index (χ1) is 32.3. The predicted molar refractivity (Wildman–Crippen MR) is 251 cm³/mol. The van der Waals surface area contributed by atoms with Crippen LogP contribution in [0.25, 0.3) is 11.0 Å². The lowest BCUT2D eigenvalue weighted by Crippen LogP contribution is -2.58. The Labute approximate surface area is 389 Å². The van der Waals surface area contributed by atoms with Gasteiger partial charge in [0, 0.05) is 49.0 Å². The highest BCUT2D eigenvalue weighted by Crippen LogP contribution is 2.53. The van der Waals surface area contributed by atoms with Crippen LogP contribution in [0, 0.1) is 21.4 Å². The van der Waals surface area contributed by atoms with Gasteiger partial charge >= 0.3 is 5.69 Å². The number of ether oxygens (including phenoxy) is 3. The molecule has 2 saturated carbocycles. The van der Waals surface area contributed by atoms with E-state index in [9.17, 15) is 28.4 Å². The van der Waals surface area contributed by atoms with Crippen LogP contribution in [-0.4, -0.2) is 102 Å². The average molecular weight is 935 g/mol. The molecule has 2 aliphatic carbocycles. The van der Waals surface area contributed by atoms with E-state index in [4.69, 9.17) is 14.2 Å². The molecule has 5 aliphatic rings. The summed E-state index contributed by atoms with van der Waals surface area (Å²) in [6.07, 6.45) is 11.0. The zero-order valence-corrected chi connectivity index (χ0v) is 38.7. The summed E-state index contributed by atoms with van der Waals surface area (Å²) in [5.41, 5.74) is 3.85. The highest BCUT2D eigenvalue weighted by molar-refractivity contribution is 7.90. The van der Waals surface area contributed by atoms with Gasteiger partial charge in [-0.1, -0.05) is 38.1 Å². The Hall–Kier alpha value is -5.82. The van der Waals surface area contributed by atoms with Gasteiger partial charge in [-0.2, -0.15) is 13.4 Å². The lowest BCUT2D eigenvalue weighted by Gasteiger charge is -2.57. The number of benzene rings is 2. The number of aromatic amines is 1. The smallest absolute Gasteiger partial charge is 0.300 e. The quantitative estimate of drug-likeness (QED) is 0.0693. The van der Waals surface area contributed by atoms with E-state index in [1.54, 1.807) is 24.4 Å². The molecule has 18 heteroatoms. The fourth-order valence-corrected chi connectivity index (χ4v) is 12.1. The zero-order valence-electron chi connectivity index (χ0n) is 37.9. The molecule has 2 aromatic carbocycles. The van der Waals surface area contributed by atoms with Gasteiger partial charge in [-0.15, -0.1) is 0 Å². The number of H-pyrrole nitrogens is 1. The number of aromatic nitrogens is 3. The Bertz CT molecular complexity index is 2760. The summed E-state index contributed by atoms with van der Waals surface area (Å²) in [5.74, 6) is -0.0545. The maximum atomic E-state index is 14.1. The molecule has 1 spiro atoms. The van der Waals surface area contributed by atoms with Gasteiger partial charge in [0.1, 0.15) is 23.8 Å². The van der Waals surface area contributed by atoms with Crippen molar-refractivity contribution in [1.29, 1.82) is 0 Å². The molecule has 0 bridgehead atoms. The molecular formula is C49H58N8O9S. The Morgan fingerprint density at radius 1 is 1.04 bits per heavy atom. The number of nitro groups is 1. The summed E-state index contributed by atoms with van der Waals surface area (Å²) in [6, 6.07) is 18.8. The number of carbonyl (C=O) groups excluding carboxylic acids is 1. The van der Waals surface area contributed by atoms with Gasteiger partial charge in [-0.25, -0.2) is 9.71 Å². The summed E-state index contributed by atoms with van der Waals surface area (Å²) in [7, 11) is -4.77. The first kappa shape index (κ1) is 45.0. The summed E-state index contributed by atoms with van der Waals surface area (Å²) in [6.45, 7) is 8.59. The van der Waals surface area contributed by atoms with Gasteiger partial charge in [0.25, 0.3) is 15.9 Å². The summed E-state index contributed by atoms with van der Waals surface area (Å²) < 4.78 is 48.1. The van der Waals surface area contributed by atoms with Crippen LogP contribution in [0.3, 0.4) is 0 Å². The Kier molecular flexibility index (Phi) is 12.3. The standard InChI is InChI=1S/C49H58N8O9S/c1-30(2)38-5-3-4-6-39(38)42-29-64-20-19-56(42)35-25-49(26-35)14-17-55(18-15-49)34-9-12-40(43(23-34)66-37-22-32-13-16-50-46(32)51-27-37)47(59)54-67(62,63)44-24-41(57(60)61)45-48(53-44)65-28-33(52-45)21-31-7-10-36(58)11-8-31/h3-6,9,12-13,16,22-24,27,30-31,33,35-36,42,52,58H,7-8,10-11,14-15,17-21,25-26,28-29H2,1-2H3,(H,50,51)(H,54,59)/t31?,33-,36?,42+/m0/s1. The molecule has 354 valence electrons. The van der Waals surface area contributed by atoms with Crippen molar-refractivity contribution in [2.45, 2.75) is 107 Å². The van der Waals surface area contributed by atoms with Crippen molar-refractivity contribution >= 4 is 44.0 Å². The molecular weight excluding hydrogens is 877 g/mol. The number of fused-ring (bicyclic) bond motifs is 2. The Morgan fingerprint density at radius 3 is 2.61 bits per heavy atom. The van der Waals surface area contributed by atoms with Crippen LogP contribution in [-0.2, 0) is 14.8 Å². The number of nitrogens with zero attached hydrogens (tertiary/aromatic N) is 5. The number of aliphatic hydroxyl groups excluding tert-OH is 1. The van der Waals surface area contributed by atoms with Gasteiger partial charge in [0.2, 0.25) is 5.88 Å². The molecule has 0 unspecified atom stereocenters. The highest BCUT2D eigenvalue weighted by atomic mass is 32.2. The van der Waals surface area contributed by atoms with Crippen LogP contribution < -0.4 is 24.4 Å². The Balaban J connectivity index is 0.850. The first-order valence-electron chi connectivity index (χ1n) is 23.6. The third kappa shape index (κ3) is 9.28. The molecule has 3 aliphatic heterocycles. The number of carbonyl (C=O) groups is 1. The van der Waals surface area contributed by atoms with Gasteiger partial charge in [0.05, 0.1) is 54.2 Å². The second-order valence-electron chi connectivity index (χ2n) is 19.4. The van der Waals surface area contributed by atoms with Crippen LogP contribution in [0.5, 0.6) is 17.4 Å². The minimum Gasteiger partial charge on any atom is -0.474 e. The van der Waals surface area contributed by atoms with E-state index >= 15 is 0 Å². The molecule has 2 atom stereocenters. The van der Waals surface area contributed by atoms with Crippen LogP contribution in [0.1, 0.15) is 105 Å². The van der Waals surface area contributed by atoms with E-state index in [1.165, 1.54) is 23.4 Å². The van der Waals surface area contributed by atoms with Crippen LogP contribution in [0.2, 0.25) is 0 Å². The molecule has 3 aromatic heterocycles. The number of piperidine rings is 1. The molecule has 10 rings (SSSR count). The largest absolute Gasteiger partial charge is 0.474 e. The van der Waals surface area contributed by atoms with Crippen molar-refractivity contribution in [2.75, 3.05) is 49.7 Å². The van der Waals surface area contributed by atoms with E-state index in [0.29, 0.717) is 55.1 Å². The summed E-state index contributed by atoms with van der Waals surface area (Å²) >= 11 is 0. The van der Waals surface area contributed by atoms with Gasteiger partial charge in [-0.3, -0.25) is 19.8 Å². The van der Waals surface area contributed by atoms with Gasteiger partial charge < -0.3 is 34.5 Å². The normalized spacial score (nSPS) is 23.3. The highest BCUT2D eigenvalue weighted by Gasteiger charge is 2.50. The number of hydrogen-bond donors (Lipinski definition) is 4. The van der Waals surface area contributed by atoms with E-state index in [2.05, 4.69) is 72.9 Å². The number of nitrogens with one attached hydrogen (secondary N) is 3. The maximum absolute atomic E-state index is 14.1. The van der Waals surface area contributed by atoms with Crippen molar-refractivity contribution in [3.8, 4) is 17.4 Å². The minimum atomic E-state index is -4.77. The van der Waals surface area contributed by atoms with Crippen LogP contribution in [0.15, 0.2) is 78.1 Å². The predicted octanol–water partition coefficient (Wildman–Crippen LogP) is 7.84. The molecule has 0 radical (unpaired) electrons. The molecule has 17 nitrogen and oxygen atoms in total. The fourth-order valence-electron chi connectivity index (χ4n) is 11.1. The van der Waals surface area contributed by atoms with Crippen molar-refractivity contribution in [2.24, 2.45) is 11.3 Å². The van der Waals surface area contributed by atoms with E-state index in [0.717, 1.165) is 81.9 Å². The molecule has 4 fully saturated rings. The zero-order chi connectivity index (χ0) is 46.5.